The van der Waals surface area contributed by atoms with Crippen molar-refractivity contribution in [3.8, 4) is 11.5 Å². The third-order valence-electron chi connectivity index (χ3n) is 13.6. The van der Waals surface area contributed by atoms with E-state index in [0.29, 0.717) is 11.3 Å². The number of hydrogen-bond donors (Lipinski definition) is 11. The van der Waals surface area contributed by atoms with Crippen LogP contribution in [-0.4, -0.2) is 244 Å². The second kappa shape index (κ2) is 30.9. The molecular weight excluding hydrogens is 1320 g/mol. The monoisotopic (exact) mass is 1380 g/mol. The van der Waals surface area contributed by atoms with Gasteiger partial charge in [0.15, 0.2) is 31.1 Å². The molecule has 38 nitrogen and oxygen atoms in total. The summed E-state index contributed by atoms with van der Waals surface area (Å²) in [6.07, 6.45) is -43.0. The molecule has 4 saturated heterocycles. The van der Waals surface area contributed by atoms with E-state index < -0.39 is 214 Å². The number of nitrogens with one attached hydrogen (secondary N) is 2. The predicted molar refractivity (Wildman–Crippen MR) is 289 cm³/mol. The van der Waals surface area contributed by atoms with Crippen LogP contribution in [0.25, 0.3) is 0 Å². The third kappa shape index (κ3) is 20.6. The lowest BCUT2D eigenvalue weighted by atomic mass is 9.93. The fraction of sp³-hybridized carbons (Fsp3) is 0.551. The van der Waals surface area contributed by atoms with Gasteiger partial charge in [0, 0.05) is 13.8 Å². The van der Waals surface area contributed by atoms with E-state index in [1.165, 1.54) is 55.6 Å². The van der Waals surface area contributed by atoms with Crippen molar-refractivity contribution in [3.05, 3.63) is 96.1 Å². The summed E-state index contributed by atoms with van der Waals surface area (Å²) in [5.41, 5.74) is 0.678. The van der Waals surface area contributed by atoms with Crippen LogP contribution in [0.5, 0.6) is 11.5 Å². The number of rotatable bonds is 29. The van der Waals surface area contributed by atoms with Crippen LogP contribution < -0.4 is 20.1 Å². The molecule has 508 valence electrons. The van der Waals surface area contributed by atoms with E-state index in [0.717, 1.165) is 13.8 Å². The minimum Gasteiger partial charge on any atom is -0.497 e. The zero-order chi connectivity index (χ0) is 66.9. The molecule has 4 aliphatic heterocycles. The molecule has 0 radical (unpaired) electrons. The summed E-state index contributed by atoms with van der Waals surface area (Å²) in [6, 6.07) is 16.6. The van der Waals surface area contributed by atoms with Crippen LogP contribution in [0.15, 0.2) is 84.9 Å². The van der Waals surface area contributed by atoms with E-state index in [4.69, 9.17) is 56.3 Å². The normalized spacial score (nSPS) is 32.4. The number of benzene rings is 3. The maximum absolute atomic E-state index is 13.6. The number of hydrogen-bond acceptors (Lipinski definition) is 30. The van der Waals surface area contributed by atoms with Crippen molar-refractivity contribution < 1.29 is 165 Å². The molecule has 3 aromatic rings. The maximum atomic E-state index is 13.6. The molecular formula is C49H62N2O36S4. The van der Waals surface area contributed by atoms with Crippen LogP contribution in [0.2, 0.25) is 0 Å². The number of aliphatic carboxylic acids is 2. The summed E-state index contributed by atoms with van der Waals surface area (Å²) in [5, 5.41) is 62.1. The van der Waals surface area contributed by atoms with Gasteiger partial charge in [-0.2, -0.15) is 33.7 Å². The van der Waals surface area contributed by atoms with Gasteiger partial charge in [-0.25, -0.2) is 26.3 Å². The molecule has 2 amide bonds. The van der Waals surface area contributed by atoms with Gasteiger partial charge in [-0.1, -0.05) is 60.7 Å². The molecule has 0 aromatic heterocycles. The van der Waals surface area contributed by atoms with Crippen LogP contribution in [0.1, 0.15) is 25.0 Å². The molecule has 7 rings (SSSR count). The Bertz CT molecular complexity index is 3410. The Labute approximate surface area is 517 Å². The molecule has 0 bridgehead atoms. The Kier molecular flexibility index (Phi) is 24.7. The molecule has 0 aliphatic carbocycles. The van der Waals surface area contributed by atoms with Gasteiger partial charge in [0.1, 0.15) is 96.8 Å². The van der Waals surface area contributed by atoms with E-state index in [1.807, 2.05) is 0 Å². The van der Waals surface area contributed by atoms with E-state index in [9.17, 15) is 96.6 Å². The lowest BCUT2D eigenvalue weighted by Crippen LogP contribution is -2.71. The average molecular weight is 1380 g/mol. The number of ether oxygens (including phenoxy) is 11. The number of aliphatic hydroxyl groups excluding tert-OH is 3. The lowest BCUT2D eigenvalue weighted by molar-refractivity contribution is -0.370. The first-order valence-corrected chi connectivity index (χ1v) is 31.8. The zero-order valence-electron chi connectivity index (χ0n) is 47.1. The first kappa shape index (κ1) is 72.6. The summed E-state index contributed by atoms with van der Waals surface area (Å²) in [7, 11) is -21.2. The first-order chi connectivity index (χ1) is 42.6. The Hall–Kier alpha value is -5.86. The second-order valence-electron chi connectivity index (χ2n) is 20.1. The number of carbonyl (C=O) groups excluding carboxylic acids is 2. The quantitative estimate of drug-likeness (QED) is 0.0302. The lowest BCUT2D eigenvalue weighted by Gasteiger charge is -2.51. The maximum Gasteiger partial charge on any atom is 0.397 e. The number of carbonyl (C=O) groups is 4. The highest BCUT2D eigenvalue weighted by molar-refractivity contribution is 7.81. The molecule has 0 unspecified atom stereocenters. The van der Waals surface area contributed by atoms with Gasteiger partial charge < -0.3 is 88.3 Å². The van der Waals surface area contributed by atoms with Gasteiger partial charge in [0.25, 0.3) is 0 Å². The van der Waals surface area contributed by atoms with Crippen molar-refractivity contribution in [2.75, 3.05) is 20.3 Å². The Morgan fingerprint density at radius 3 is 1.29 bits per heavy atom. The van der Waals surface area contributed by atoms with Crippen LogP contribution in [0, 0.1) is 0 Å². The van der Waals surface area contributed by atoms with Crippen molar-refractivity contribution >= 4 is 65.3 Å². The Balaban J connectivity index is 1.33. The van der Waals surface area contributed by atoms with E-state index in [-0.39, 0.29) is 11.3 Å². The van der Waals surface area contributed by atoms with Gasteiger partial charge in [-0.05, 0) is 35.4 Å². The summed E-state index contributed by atoms with van der Waals surface area (Å²) in [4.78, 5) is 52.9. The van der Waals surface area contributed by atoms with Gasteiger partial charge in [-0.15, -0.1) is 0 Å². The summed E-state index contributed by atoms with van der Waals surface area (Å²) in [6.45, 7) is -2.50. The number of methoxy groups -OCH3 is 1. The Morgan fingerprint density at radius 2 is 0.857 bits per heavy atom. The van der Waals surface area contributed by atoms with Gasteiger partial charge in [0.2, 0.25) is 18.1 Å². The minimum absolute atomic E-state index is 0.0132. The number of carboxylic acid groups (broad SMARTS) is 2. The highest BCUT2D eigenvalue weighted by Crippen LogP contribution is 2.39. The van der Waals surface area contributed by atoms with Gasteiger partial charge in [-0.3, -0.25) is 27.8 Å². The Morgan fingerprint density at radius 1 is 0.462 bits per heavy atom. The molecule has 3 aromatic carbocycles. The third-order valence-corrected chi connectivity index (χ3v) is 15.4. The van der Waals surface area contributed by atoms with E-state index in [1.54, 1.807) is 36.4 Å². The fourth-order valence-corrected chi connectivity index (χ4v) is 11.5. The van der Waals surface area contributed by atoms with Crippen molar-refractivity contribution in [2.45, 2.75) is 150 Å². The van der Waals surface area contributed by atoms with Crippen LogP contribution in [-0.2, 0) is 133 Å². The molecule has 42 heteroatoms. The standard InChI is InChI=1S/C49H62N2O36S4/c1-22(52)50-30-32(54)35(86-90(67,68)69)28(20-76-88(61,62)63)79-46(30)82-40-39(75-19-25-12-8-5-9-13-25)34(56)49(85-43(40)45(59)60)81-37-31(51-23(2)53)47(80-29(21-77-89(64,65)66)36(37)87-91(70,71)72)83-41-38(74-18-24-10-6-4-7-11-24)33(55)48(84-42(41)44(57)58)78-27-16-14-26(73-3)15-17-27/h4-17,28-43,46-49,54-56H,18-21H2,1-3H3,(H,50,52)(H,51,53)(H,57,58)(H,59,60)(H,61,62,63)(H,64,65,66)(H,67,68,69)(H,70,71,72)/t28-,29-,30-,31-,32-,33-,34-,35+,36+,37-,38-,39-,40+,41+,42+,43+,46+,47+,48-,49-/m1/s1. The van der Waals surface area contributed by atoms with Crippen molar-refractivity contribution in [1.82, 2.24) is 10.6 Å². The van der Waals surface area contributed by atoms with E-state index in [2.05, 4.69) is 23.2 Å². The smallest absolute Gasteiger partial charge is 0.397 e. The SMILES string of the molecule is COc1ccc(O[C@@H]2O[C@H](C(=O)O)[C@@H](O[C@@H]3O[C@H](COS(=O)(=O)O)[C@H](OS(=O)(=O)O)[C@H](O[C@@H]4O[C@H](C(=O)O)[C@@H](O[C@@H]5O[C@H](COS(=O)(=O)O)[C@H](OS(=O)(=O)O)[C@H](O)[C@H]5NC(C)=O)[C@H](OCc5ccccc5)[C@H]4O)[C@H]3NC(C)=O)[C@H](OCc3ccccc3)[C@H]2O)cc1. The summed E-state index contributed by atoms with van der Waals surface area (Å²) >= 11 is 0. The average Bonchev–Trinajstić information content (AvgIpc) is 0.787. The zero-order valence-corrected chi connectivity index (χ0v) is 50.4. The topological polar surface area (TPSA) is 549 Å². The van der Waals surface area contributed by atoms with Crippen molar-refractivity contribution in [1.29, 1.82) is 0 Å². The highest BCUT2D eigenvalue weighted by Gasteiger charge is 2.60. The highest BCUT2D eigenvalue weighted by atomic mass is 32.3. The number of aliphatic hydroxyl groups is 3. The van der Waals surface area contributed by atoms with Gasteiger partial charge in [0.05, 0.1) is 33.5 Å². The summed E-state index contributed by atoms with van der Waals surface area (Å²) < 4.78 is 219. The molecule has 0 saturated carbocycles. The summed E-state index contributed by atoms with van der Waals surface area (Å²) in [5.74, 6) is -5.84. The molecule has 4 fully saturated rings. The largest absolute Gasteiger partial charge is 0.497 e. The molecule has 4 heterocycles. The molecule has 11 N–H and O–H groups in total. The second-order valence-corrected chi connectivity index (χ2v) is 24.3. The van der Waals surface area contributed by atoms with Crippen molar-refractivity contribution in [3.63, 3.8) is 0 Å². The molecule has 20 atom stereocenters. The minimum atomic E-state index is -5.92. The van der Waals surface area contributed by atoms with Gasteiger partial charge >= 0.3 is 53.5 Å². The van der Waals surface area contributed by atoms with Crippen LogP contribution >= 0.6 is 0 Å². The van der Waals surface area contributed by atoms with Crippen LogP contribution in [0.4, 0.5) is 0 Å². The molecule has 0 spiro atoms. The predicted octanol–water partition coefficient (Wildman–Crippen LogP) is -3.42. The van der Waals surface area contributed by atoms with Crippen molar-refractivity contribution in [2.24, 2.45) is 0 Å². The van der Waals surface area contributed by atoms with E-state index >= 15 is 0 Å². The molecule has 4 aliphatic rings. The van der Waals surface area contributed by atoms with Crippen LogP contribution in [0.3, 0.4) is 0 Å². The molecule has 91 heavy (non-hydrogen) atoms. The number of amides is 2. The number of carboxylic acids is 2. The fourth-order valence-electron chi connectivity index (χ4n) is 9.81. The first-order valence-electron chi connectivity index (χ1n) is 26.4.